The van der Waals surface area contributed by atoms with Crippen molar-refractivity contribution < 1.29 is 4.39 Å². The second-order valence-corrected chi connectivity index (χ2v) is 4.07. The van der Waals surface area contributed by atoms with Gasteiger partial charge in [-0.3, -0.25) is 0 Å². The van der Waals surface area contributed by atoms with Crippen LogP contribution < -0.4 is 5.73 Å². The van der Waals surface area contributed by atoms with E-state index >= 15 is 0 Å². The molecule has 2 N–H and O–H groups in total. The molecule has 7 heteroatoms. The fraction of sp³-hybridized carbons (Fsp3) is 0. The summed E-state index contributed by atoms with van der Waals surface area (Å²) in [6.45, 7) is 0. The van der Waals surface area contributed by atoms with Crippen LogP contribution in [0.15, 0.2) is 22.8 Å². The van der Waals surface area contributed by atoms with E-state index in [0.29, 0.717) is 10.2 Å². The Kier molecular flexibility index (Phi) is 2.62. The second-order valence-electron chi connectivity index (χ2n) is 2.81. The topological polar surface area (TPSA) is 56.7 Å². The molecule has 1 heterocycles. The van der Waals surface area contributed by atoms with Crippen LogP contribution in [0.1, 0.15) is 0 Å². The number of halogens is 3. The van der Waals surface area contributed by atoms with Gasteiger partial charge in [0.2, 0.25) is 0 Å². The molecular formula is C8H5BrClFN4. The molecule has 0 atom stereocenters. The highest BCUT2D eigenvalue weighted by molar-refractivity contribution is 9.10. The summed E-state index contributed by atoms with van der Waals surface area (Å²) in [6.07, 6.45) is 1.49. The van der Waals surface area contributed by atoms with Crippen LogP contribution >= 0.6 is 27.5 Å². The van der Waals surface area contributed by atoms with Gasteiger partial charge in [0.25, 0.3) is 0 Å². The van der Waals surface area contributed by atoms with Gasteiger partial charge in [-0.1, -0.05) is 16.8 Å². The van der Waals surface area contributed by atoms with Crippen LogP contribution in [-0.2, 0) is 0 Å². The quantitative estimate of drug-likeness (QED) is 0.878. The monoisotopic (exact) mass is 290 g/mol. The van der Waals surface area contributed by atoms with Gasteiger partial charge in [0.15, 0.2) is 5.82 Å². The van der Waals surface area contributed by atoms with Gasteiger partial charge in [-0.25, -0.2) is 9.07 Å². The van der Waals surface area contributed by atoms with E-state index in [2.05, 4.69) is 26.2 Å². The number of nitrogen functional groups attached to an aromatic ring is 1. The van der Waals surface area contributed by atoms with Crippen molar-refractivity contribution in [1.82, 2.24) is 15.0 Å². The fourth-order valence-electron chi connectivity index (χ4n) is 1.14. The van der Waals surface area contributed by atoms with E-state index in [1.807, 2.05) is 0 Å². The number of nitrogens with two attached hydrogens (primary N) is 1. The zero-order valence-corrected chi connectivity index (χ0v) is 9.63. The Hall–Kier alpha value is -1.14. The van der Waals surface area contributed by atoms with Crippen molar-refractivity contribution in [3.05, 3.63) is 33.6 Å². The summed E-state index contributed by atoms with van der Waals surface area (Å²) in [6, 6.07) is 2.48. The summed E-state index contributed by atoms with van der Waals surface area (Å²) in [4.78, 5) is 0. The van der Waals surface area contributed by atoms with Gasteiger partial charge < -0.3 is 5.73 Å². The molecule has 1 aromatic heterocycles. The molecule has 2 aromatic rings. The lowest BCUT2D eigenvalue weighted by Gasteiger charge is -2.05. The van der Waals surface area contributed by atoms with Gasteiger partial charge in [0, 0.05) is 4.47 Å². The maximum absolute atomic E-state index is 12.9. The Balaban J connectivity index is 2.62. The molecule has 0 aliphatic heterocycles. The van der Waals surface area contributed by atoms with E-state index in [4.69, 9.17) is 17.3 Å². The highest BCUT2D eigenvalue weighted by atomic mass is 79.9. The summed E-state index contributed by atoms with van der Waals surface area (Å²) in [5.74, 6) is -0.161. The van der Waals surface area contributed by atoms with Gasteiger partial charge in [0.1, 0.15) is 5.82 Å². The number of hydrogen-bond acceptors (Lipinski definition) is 3. The number of nitrogens with zero attached hydrogens (tertiary/aromatic N) is 3. The molecule has 0 aliphatic carbocycles. The van der Waals surface area contributed by atoms with E-state index in [9.17, 15) is 4.39 Å². The van der Waals surface area contributed by atoms with Gasteiger partial charge in [-0.05, 0) is 28.1 Å². The third kappa shape index (κ3) is 1.95. The molecule has 0 radical (unpaired) electrons. The first kappa shape index (κ1) is 10.4. The molecule has 0 spiro atoms. The molecule has 1 aromatic carbocycles. The van der Waals surface area contributed by atoms with Gasteiger partial charge in [0.05, 0.1) is 16.9 Å². The van der Waals surface area contributed by atoms with E-state index in [1.165, 1.54) is 23.0 Å². The minimum absolute atomic E-state index is 0.228. The summed E-state index contributed by atoms with van der Waals surface area (Å²) >= 11 is 9.07. The van der Waals surface area contributed by atoms with Crippen molar-refractivity contribution in [2.45, 2.75) is 0 Å². The molecule has 0 bridgehead atoms. The Morgan fingerprint density at radius 1 is 1.47 bits per heavy atom. The first-order valence-electron chi connectivity index (χ1n) is 3.90. The molecule has 0 fully saturated rings. The van der Waals surface area contributed by atoms with Gasteiger partial charge in [-0.15, -0.1) is 5.10 Å². The van der Waals surface area contributed by atoms with E-state index in [-0.39, 0.29) is 10.8 Å². The normalized spacial score (nSPS) is 10.6. The van der Waals surface area contributed by atoms with Crippen molar-refractivity contribution in [2.24, 2.45) is 0 Å². The largest absolute Gasteiger partial charge is 0.381 e. The summed E-state index contributed by atoms with van der Waals surface area (Å²) in [5.41, 5.74) is 5.92. The maximum atomic E-state index is 12.9. The predicted molar refractivity (Wildman–Crippen MR) is 58.4 cm³/mol. The average Bonchev–Trinajstić information content (AvgIpc) is 2.49. The maximum Gasteiger partial charge on any atom is 0.166 e. The Morgan fingerprint density at radius 3 is 2.73 bits per heavy atom. The molecule has 78 valence electrons. The van der Waals surface area contributed by atoms with Crippen LogP contribution in [0.2, 0.25) is 5.02 Å². The van der Waals surface area contributed by atoms with Crippen LogP contribution in [0, 0.1) is 5.82 Å². The van der Waals surface area contributed by atoms with Crippen molar-refractivity contribution in [2.75, 3.05) is 5.73 Å². The summed E-state index contributed by atoms with van der Waals surface area (Å²) in [5, 5.41) is 7.59. The first-order valence-corrected chi connectivity index (χ1v) is 5.08. The van der Waals surface area contributed by atoms with Crippen LogP contribution in [0.25, 0.3) is 5.69 Å². The van der Waals surface area contributed by atoms with Gasteiger partial charge >= 0.3 is 0 Å². The zero-order chi connectivity index (χ0) is 11.0. The number of rotatable bonds is 1. The summed E-state index contributed by atoms with van der Waals surface area (Å²) in [7, 11) is 0. The molecular weight excluding hydrogens is 286 g/mol. The smallest absolute Gasteiger partial charge is 0.166 e. The molecule has 15 heavy (non-hydrogen) atoms. The fourth-order valence-corrected chi connectivity index (χ4v) is 2.16. The third-order valence-electron chi connectivity index (χ3n) is 1.72. The van der Waals surface area contributed by atoms with Crippen molar-refractivity contribution in [1.29, 1.82) is 0 Å². The standard InChI is InChI=1S/C8H5BrClFN4/c9-5-1-4(11)2-6(10)8(5)15-3-7(12)13-14-15/h1-3H,12H2. The molecule has 0 aliphatic rings. The Bertz CT molecular complexity index is 490. The second kappa shape index (κ2) is 3.79. The molecule has 0 unspecified atom stereocenters. The highest BCUT2D eigenvalue weighted by Gasteiger charge is 2.11. The van der Waals surface area contributed by atoms with Crippen LogP contribution in [0.3, 0.4) is 0 Å². The SMILES string of the molecule is Nc1cn(-c2c(Cl)cc(F)cc2Br)nn1. The number of aromatic nitrogens is 3. The summed E-state index contributed by atoms with van der Waals surface area (Å²) < 4.78 is 14.8. The number of anilines is 1. The molecule has 4 nitrogen and oxygen atoms in total. The number of benzene rings is 1. The van der Waals surface area contributed by atoms with Crippen LogP contribution in [0.5, 0.6) is 0 Å². The van der Waals surface area contributed by atoms with E-state index in [1.54, 1.807) is 0 Å². The van der Waals surface area contributed by atoms with Crippen molar-refractivity contribution in [3.8, 4) is 5.69 Å². The molecule has 2 rings (SSSR count). The minimum Gasteiger partial charge on any atom is -0.381 e. The minimum atomic E-state index is -0.427. The zero-order valence-electron chi connectivity index (χ0n) is 7.28. The lowest BCUT2D eigenvalue weighted by atomic mass is 10.3. The molecule has 0 saturated heterocycles. The van der Waals surface area contributed by atoms with Crippen LogP contribution in [-0.4, -0.2) is 15.0 Å². The lowest BCUT2D eigenvalue weighted by Crippen LogP contribution is -1.98. The molecule has 0 amide bonds. The van der Waals surface area contributed by atoms with Crippen molar-refractivity contribution >= 4 is 33.3 Å². The average molecular weight is 292 g/mol. The van der Waals surface area contributed by atoms with Gasteiger partial charge in [-0.2, -0.15) is 0 Å². The third-order valence-corrected chi connectivity index (χ3v) is 2.61. The van der Waals surface area contributed by atoms with E-state index < -0.39 is 5.82 Å². The molecule has 0 saturated carbocycles. The van der Waals surface area contributed by atoms with E-state index in [0.717, 1.165) is 0 Å². The number of hydrogen-bond donors (Lipinski definition) is 1. The Labute approximate surface area is 98.0 Å². The van der Waals surface area contributed by atoms with Crippen LogP contribution in [0.4, 0.5) is 10.2 Å². The highest BCUT2D eigenvalue weighted by Crippen LogP contribution is 2.29. The first-order chi connectivity index (χ1) is 7.08. The lowest BCUT2D eigenvalue weighted by molar-refractivity contribution is 0.625. The predicted octanol–water partition coefficient (Wildman–Crippen LogP) is 2.40. The van der Waals surface area contributed by atoms with Crippen molar-refractivity contribution in [3.63, 3.8) is 0 Å². The Morgan fingerprint density at radius 2 is 2.20 bits per heavy atom.